The normalized spacial score (nSPS) is 34.1. The first-order valence-corrected chi connectivity index (χ1v) is 4.70. The van der Waals surface area contributed by atoms with Crippen molar-refractivity contribution in [3.05, 3.63) is 12.7 Å². The number of carboxylic acids is 1. The highest BCUT2D eigenvalue weighted by Crippen LogP contribution is 2.27. The van der Waals surface area contributed by atoms with E-state index in [0.717, 1.165) is 13.0 Å². The fourth-order valence-corrected chi connectivity index (χ4v) is 1.98. The summed E-state index contributed by atoms with van der Waals surface area (Å²) >= 11 is 0. The van der Waals surface area contributed by atoms with Crippen LogP contribution in [-0.4, -0.2) is 23.2 Å². The molecule has 0 radical (unpaired) electrons. The third-order valence-corrected chi connectivity index (χ3v) is 2.70. The molecular weight excluding hydrogens is 166 g/mol. The van der Waals surface area contributed by atoms with Gasteiger partial charge in [0.2, 0.25) is 0 Å². The van der Waals surface area contributed by atoms with E-state index in [1.54, 1.807) is 6.08 Å². The van der Waals surface area contributed by atoms with Crippen LogP contribution in [0.2, 0.25) is 0 Å². The quantitative estimate of drug-likeness (QED) is 0.650. The fraction of sp³-hybridized carbons (Fsp3) is 0.700. The van der Waals surface area contributed by atoms with Crippen molar-refractivity contribution in [2.24, 2.45) is 5.92 Å². The maximum atomic E-state index is 11.1. The number of hydrogen-bond donors (Lipinski definition) is 2. The molecule has 0 amide bonds. The van der Waals surface area contributed by atoms with E-state index in [1.807, 2.05) is 0 Å². The Hall–Kier alpha value is -0.830. The minimum atomic E-state index is -0.751. The Labute approximate surface area is 78.8 Å². The smallest absolute Gasteiger partial charge is 0.324 e. The summed E-state index contributed by atoms with van der Waals surface area (Å²) in [5, 5.41) is 12.2. The molecule has 0 spiro atoms. The van der Waals surface area contributed by atoms with Gasteiger partial charge in [0.25, 0.3) is 0 Å². The Morgan fingerprint density at radius 2 is 2.54 bits per heavy atom. The molecule has 74 valence electrons. The molecule has 1 rings (SSSR count). The first-order valence-electron chi connectivity index (χ1n) is 4.70. The third-order valence-electron chi connectivity index (χ3n) is 2.70. The molecule has 0 aliphatic carbocycles. The van der Waals surface area contributed by atoms with Crippen molar-refractivity contribution >= 4 is 5.97 Å². The average Bonchev–Trinajstić information content (AvgIpc) is 2.04. The van der Waals surface area contributed by atoms with E-state index in [-0.39, 0.29) is 0 Å². The van der Waals surface area contributed by atoms with Crippen molar-refractivity contribution in [2.75, 3.05) is 6.54 Å². The lowest BCUT2D eigenvalue weighted by Gasteiger charge is -2.36. The summed E-state index contributed by atoms with van der Waals surface area (Å²) in [7, 11) is 0. The van der Waals surface area contributed by atoms with E-state index in [2.05, 4.69) is 18.8 Å². The number of aliphatic carboxylic acids is 1. The highest BCUT2D eigenvalue weighted by Gasteiger charge is 2.40. The maximum Gasteiger partial charge on any atom is 0.324 e. The largest absolute Gasteiger partial charge is 0.480 e. The highest BCUT2D eigenvalue weighted by molar-refractivity contribution is 5.79. The zero-order valence-corrected chi connectivity index (χ0v) is 8.05. The molecule has 1 saturated heterocycles. The van der Waals surface area contributed by atoms with Crippen molar-refractivity contribution in [3.63, 3.8) is 0 Å². The van der Waals surface area contributed by atoms with Gasteiger partial charge >= 0.3 is 5.97 Å². The van der Waals surface area contributed by atoms with Crippen molar-refractivity contribution < 1.29 is 9.90 Å². The van der Waals surface area contributed by atoms with Gasteiger partial charge in [-0.25, -0.2) is 0 Å². The number of hydrogen-bond acceptors (Lipinski definition) is 2. The van der Waals surface area contributed by atoms with E-state index < -0.39 is 11.5 Å². The number of rotatable bonds is 3. The van der Waals surface area contributed by atoms with Gasteiger partial charge in [0.1, 0.15) is 5.54 Å². The van der Waals surface area contributed by atoms with Crippen molar-refractivity contribution in [2.45, 2.75) is 31.7 Å². The number of piperidine rings is 1. The van der Waals surface area contributed by atoms with Crippen molar-refractivity contribution in [1.82, 2.24) is 5.32 Å². The number of nitrogens with one attached hydrogen (secondary N) is 1. The molecule has 3 nitrogen and oxygen atoms in total. The van der Waals surface area contributed by atoms with Gasteiger partial charge in [-0.05, 0) is 31.7 Å². The van der Waals surface area contributed by atoms with Crippen LogP contribution in [0.4, 0.5) is 0 Å². The first-order chi connectivity index (χ1) is 6.10. The van der Waals surface area contributed by atoms with Gasteiger partial charge in [0, 0.05) is 0 Å². The lowest BCUT2D eigenvalue weighted by molar-refractivity contribution is -0.146. The van der Waals surface area contributed by atoms with Crippen LogP contribution in [0.5, 0.6) is 0 Å². The zero-order valence-electron chi connectivity index (χ0n) is 8.05. The van der Waals surface area contributed by atoms with Gasteiger partial charge in [-0.3, -0.25) is 4.79 Å². The summed E-state index contributed by atoms with van der Waals surface area (Å²) in [6, 6.07) is 0. The zero-order chi connectivity index (χ0) is 9.90. The highest BCUT2D eigenvalue weighted by atomic mass is 16.4. The van der Waals surface area contributed by atoms with Gasteiger partial charge in [0.15, 0.2) is 0 Å². The monoisotopic (exact) mass is 183 g/mol. The molecule has 3 heteroatoms. The van der Waals surface area contributed by atoms with Crippen LogP contribution in [0.25, 0.3) is 0 Å². The topological polar surface area (TPSA) is 49.3 Å². The minimum Gasteiger partial charge on any atom is -0.480 e. The summed E-state index contributed by atoms with van der Waals surface area (Å²) < 4.78 is 0. The summed E-state index contributed by atoms with van der Waals surface area (Å²) in [5.74, 6) is -0.267. The number of carboxylic acid groups (broad SMARTS) is 1. The molecule has 1 fully saturated rings. The average molecular weight is 183 g/mol. The Balaban J connectivity index is 2.76. The van der Waals surface area contributed by atoms with Gasteiger partial charge in [-0.15, -0.1) is 6.58 Å². The molecule has 2 unspecified atom stereocenters. The molecule has 0 saturated carbocycles. The Bertz CT molecular complexity index is 215. The summed E-state index contributed by atoms with van der Waals surface area (Å²) in [6.45, 7) is 6.50. The molecule has 1 aliphatic heterocycles. The van der Waals surface area contributed by atoms with Crippen LogP contribution in [0.1, 0.15) is 26.2 Å². The SMILES string of the molecule is C=CCC1(C(=O)O)CC(C)CCN1. The Morgan fingerprint density at radius 1 is 1.85 bits per heavy atom. The molecule has 0 aromatic carbocycles. The molecule has 0 aromatic rings. The van der Waals surface area contributed by atoms with Crippen LogP contribution < -0.4 is 5.32 Å². The first kappa shape index (κ1) is 10.3. The van der Waals surface area contributed by atoms with Gasteiger partial charge in [-0.1, -0.05) is 13.0 Å². The molecule has 1 heterocycles. The Morgan fingerprint density at radius 3 is 3.00 bits per heavy atom. The second-order valence-electron chi connectivity index (χ2n) is 3.90. The lowest BCUT2D eigenvalue weighted by atomic mass is 9.80. The molecule has 0 aromatic heterocycles. The molecule has 1 aliphatic rings. The predicted molar refractivity (Wildman–Crippen MR) is 51.6 cm³/mol. The van der Waals surface area contributed by atoms with Gasteiger partial charge < -0.3 is 10.4 Å². The summed E-state index contributed by atoms with van der Waals surface area (Å²) in [4.78, 5) is 11.1. The molecule has 2 N–H and O–H groups in total. The second-order valence-corrected chi connectivity index (χ2v) is 3.90. The van der Waals surface area contributed by atoms with Crippen molar-refractivity contribution in [1.29, 1.82) is 0 Å². The number of carbonyl (C=O) groups is 1. The van der Waals surface area contributed by atoms with Crippen LogP contribution >= 0.6 is 0 Å². The van der Waals surface area contributed by atoms with Crippen LogP contribution in [-0.2, 0) is 4.79 Å². The third kappa shape index (κ3) is 2.10. The van der Waals surface area contributed by atoms with Crippen LogP contribution in [0, 0.1) is 5.92 Å². The summed E-state index contributed by atoms with van der Waals surface area (Å²) in [5.41, 5.74) is -0.751. The molecule has 13 heavy (non-hydrogen) atoms. The van der Waals surface area contributed by atoms with Crippen LogP contribution in [0.3, 0.4) is 0 Å². The second kappa shape index (κ2) is 3.92. The minimum absolute atomic E-state index is 0.484. The van der Waals surface area contributed by atoms with Crippen molar-refractivity contribution in [3.8, 4) is 0 Å². The van der Waals surface area contributed by atoms with E-state index in [4.69, 9.17) is 5.11 Å². The molecular formula is C10H17NO2. The summed E-state index contributed by atoms with van der Waals surface area (Å²) in [6.07, 6.45) is 3.95. The fourth-order valence-electron chi connectivity index (χ4n) is 1.98. The van der Waals surface area contributed by atoms with E-state index >= 15 is 0 Å². The lowest BCUT2D eigenvalue weighted by Crippen LogP contribution is -2.56. The predicted octanol–water partition coefficient (Wildman–Crippen LogP) is 1.41. The van der Waals surface area contributed by atoms with Crippen LogP contribution in [0.15, 0.2) is 12.7 Å². The Kier molecular flexibility index (Phi) is 3.09. The van der Waals surface area contributed by atoms with Gasteiger partial charge in [-0.2, -0.15) is 0 Å². The molecule has 2 atom stereocenters. The maximum absolute atomic E-state index is 11.1. The molecule has 0 bridgehead atoms. The van der Waals surface area contributed by atoms with E-state index in [1.165, 1.54) is 0 Å². The van der Waals surface area contributed by atoms with E-state index in [9.17, 15) is 4.79 Å². The standard InChI is InChI=1S/C10H17NO2/c1-3-5-10(9(12)13)7-8(2)4-6-11-10/h3,8,11H,1,4-7H2,2H3,(H,12,13). The van der Waals surface area contributed by atoms with E-state index in [0.29, 0.717) is 18.8 Å². The van der Waals surface area contributed by atoms with Gasteiger partial charge in [0.05, 0.1) is 0 Å².